The van der Waals surface area contributed by atoms with Gasteiger partial charge in [-0.25, -0.2) is 4.79 Å². The van der Waals surface area contributed by atoms with Crippen molar-refractivity contribution in [2.75, 3.05) is 12.3 Å². The Bertz CT molecular complexity index is 401. The minimum atomic E-state index is -0.928. The summed E-state index contributed by atoms with van der Waals surface area (Å²) >= 11 is 1.58. The van der Waals surface area contributed by atoms with Gasteiger partial charge in [-0.2, -0.15) is 0 Å². The van der Waals surface area contributed by atoms with Crippen molar-refractivity contribution in [2.45, 2.75) is 42.8 Å². The Kier molecular flexibility index (Phi) is 3.44. The van der Waals surface area contributed by atoms with Crippen LogP contribution in [0.25, 0.3) is 0 Å². The van der Waals surface area contributed by atoms with Crippen molar-refractivity contribution in [2.24, 2.45) is 5.92 Å². The molecule has 3 aliphatic rings. The number of carbonyl (C=O) groups excluding carboxylic acids is 1. The number of nitrogens with zero attached hydrogens (tertiary/aromatic N) is 1. The summed E-state index contributed by atoms with van der Waals surface area (Å²) in [4.78, 5) is 25.4. The Morgan fingerprint density at radius 1 is 1.32 bits per heavy atom. The van der Waals surface area contributed by atoms with Crippen molar-refractivity contribution in [3.05, 3.63) is 0 Å². The van der Waals surface area contributed by atoms with E-state index in [9.17, 15) is 19.8 Å². The van der Waals surface area contributed by atoms with Gasteiger partial charge < -0.3 is 20.4 Å². The Morgan fingerprint density at radius 3 is 2.58 bits per heavy atom. The maximum Gasteiger partial charge on any atom is 0.327 e. The lowest BCUT2D eigenvalue weighted by Gasteiger charge is -2.29. The van der Waals surface area contributed by atoms with E-state index in [0.29, 0.717) is 24.6 Å². The van der Waals surface area contributed by atoms with E-state index >= 15 is 0 Å². The molecule has 4 unspecified atom stereocenters. The van der Waals surface area contributed by atoms with Crippen LogP contribution >= 0.6 is 11.8 Å². The van der Waals surface area contributed by atoms with E-state index in [1.807, 2.05) is 0 Å². The van der Waals surface area contributed by atoms with Crippen LogP contribution in [-0.2, 0) is 9.59 Å². The van der Waals surface area contributed by atoms with Crippen molar-refractivity contribution in [3.8, 4) is 0 Å². The molecular formula is C12H18N2O4S. The minimum Gasteiger partial charge on any atom is -0.480 e. The SMILES string of the molecule is O=C(O)C1CSC(C2CC2)N1C(=O)C1CC(O)CN1. The van der Waals surface area contributed by atoms with Crippen LogP contribution in [0, 0.1) is 5.92 Å². The molecule has 0 spiro atoms. The van der Waals surface area contributed by atoms with Gasteiger partial charge in [-0.15, -0.1) is 11.8 Å². The number of aliphatic hydroxyl groups excluding tert-OH is 1. The number of thioether (sulfide) groups is 1. The lowest BCUT2D eigenvalue weighted by Crippen LogP contribution is -2.52. The Morgan fingerprint density at radius 2 is 2.05 bits per heavy atom. The first-order chi connectivity index (χ1) is 9.08. The van der Waals surface area contributed by atoms with Gasteiger partial charge in [-0.05, 0) is 25.2 Å². The van der Waals surface area contributed by atoms with Crippen molar-refractivity contribution >= 4 is 23.6 Å². The summed E-state index contributed by atoms with van der Waals surface area (Å²) in [6, 6.07) is -1.15. The number of nitrogens with one attached hydrogen (secondary N) is 1. The van der Waals surface area contributed by atoms with Crippen molar-refractivity contribution in [1.82, 2.24) is 10.2 Å². The predicted octanol–water partition coefficient (Wildman–Crippen LogP) is -0.526. The molecule has 1 aliphatic carbocycles. The molecule has 2 saturated heterocycles. The quantitative estimate of drug-likeness (QED) is 0.646. The molecule has 2 heterocycles. The van der Waals surface area contributed by atoms with Crippen LogP contribution < -0.4 is 5.32 Å². The first-order valence-electron chi connectivity index (χ1n) is 6.66. The van der Waals surface area contributed by atoms with Gasteiger partial charge in [-0.3, -0.25) is 4.79 Å². The molecule has 3 fully saturated rings. The number of hydrogen-bond acceptors (Lipinski definition) is 5. The fourth-order valence-electron chi connectivity index (χ4n) is 2.83. The molecule has 1 saturated carbocycles. The molecule has 0 aromatic rings. The third-order valence-electron chi connectivity index (χ3n) is 4.01. The van der Waals surface area contributed by atoms with Crippen LogP contribution in [0.15, 0.2) is 0 Å². The zero-order valence-corrected chi connectivity index (χ0v) is 11.3. The molecule has 3 N–H and O–H groups in total. The second-order valence-electron chi connectivity index (χ2n) is 5.51. The highest BCUT2D eigenvalue weighted by atomic mass is 32.2. The zero-order valence-electron chi connectivity index (χ0n) is 10.5. The standard InChI is InChI=1S/C12H18N2O4S/c15-7-3-8(13-4-7)10(16)14-9(12(17)18)5-19-11(14)6-1-2-6/h6-9,11,13,15H,1-5H2,(H,17,18). The highest BCUT2D eigenvalue weighted by Crippen LogP contribution is 2.45. The average Bonchev–Trinajstić information content (AvgIpc) is 2.96. The number of amides is 1. The molecule has 6 nitrogen and oxygen atoms in total. The van der Waals surface area contributed by atoms with E-state index in [-0.39, 0.29) is 11.3 Å². The normalized spacial score (nSPS) is 38.7. The predicted molar refractivity (Wildman–Crippen MR) is 69.7 cm³/mol. The van der Waals surface area contributed by atoms with E-state index in [4.69, 9.17) is 0 Å². The van der Waals surface area contributed by atoms with Gasteiger partial charge in [0.05, 0.1) is 17.5 Å². The van der Waals surface area contributed by atoms with Gasteiger partial charge in [0.25, 0.3) is 0 Å². The largest absolute Gasteiger partial charge is 0.480 e. The summed E-state index contributed by atoms with van der Waals surface area (Å²) < 4.78 is 0. The molecule has 0 aromatic carbocycles. The number of carbonyl (C=O) groups is 2. The van der Waals surface area contributed by atoms with Crippen LogP contribution in [0.3, 0.4) is 0 Å². The molecule has 106 valence electrons. The zero-order chi connectivity index (χ0) is 13.6. The summed E-state index contributed by atoms with van der Waals surface area (Å²) in [6.45, 7) is 0.406. The molecule has 4 atom stereocenters. The maximum atomic E-state index is 12.5. The van der Waals surface area contributed by atoms with Gasteiger partial charge in [0, 0.05) is 12.3 Å². The number of hydrogen-bond donors (Lipinski definition) is 3. The second kappa shape index (κ2) is 4.96. The fraction of sp³-hybridized carbons (Fsp3) is 0.833. The molecule has 7 heteroatoms. The molecule has 0 aromatic heterocycles. The molecule has 0 bridgehead atoms. The Labute approximate surface area is 115 Å². The van der Waals surface area contributed by atoms with E-state index < -0.39 is 24.2 Å². The topological polar surface area (TPSA) is 89.9 Å². The molecular weight excluding hydrogens is 268 g/mol. The lowest BCUT2D eigenvalue weighted by atomic mass is 10.1. The number of carboxylic acid groups (broad SMARTS) is 1. The summed E-state index contributed by atoms with van der Waals surface area (Å²) in [6.07, 6.45) is 2.03. The van der Waals surface area contributed by atoms with Crippen molar-refractivity contribution in [1.29, 1.82) is 0 Å². The van der Waals surface area contributed by atoms with Gasteiger partial charge in [0.15, 0.2) is 0 Å². The second-order valence-corrected chi connectivity index (χ2v) is 6.66. The first-order valence-corrected chi connectivity index (χ1v) is 7.71. The molecule has 0 radical (unpaired) electrons. The number of β-amino-alcohol motifs (C(OH)–C–C–N with tert-alkyl or cyclic N) is 1. The third-order valence-corrected chi connectivity index (χ3v) is 5.47. The van der Waals surface area contributed by atoms with Crippen LogP contribution in [0.4, 0.5) is 0 Å². The monoisotopic (exact) mass is 286 g/mol. The summed E-state index contributed by atoms with van der Waals surface area (Å²) in [7, 11) is 0. The average molecular weight is 286 g/mol. The van der Waals surface area contributed by atoms with Crippen LogP contribution in [0.5, 0.6) is 0 Å². The van der Waals surface area contributed by atoms with Crippen LogP contribution in [0.2, 0.25) is 0 Å². The first kappa shape index (κ1) is 13.2. The van der Waals surface area contributed by atoms with E-state index in [1.165, 1.54) is 0 Å². The van der Waals surface area contributed by atoms with Gasteiger partial charge >= 0.3 is 5.97 Å². The van der Waals surface area contributed by atoms with Crippen molar-refractivity contribution in [3.63, 3.8) is 0 Å². The van der Waals surface area contributed by atoms with Gasteiger partial charge in [0.2, 0.25) is 5.91 Å². The smallest absolute Gasteiger partial charge is 0.327 e. The van der Waals surface area contributed by atoms with Gasteiger partial charge in [-0.1, -0.05) is 0 Å². The van der Waals surface area contributed by atoms with Crippen molar-refractivity contribution < 1.29 is 19.8 Å². The molecule has 3 rings (SSSR count). The molecule has 2 aliphatic heterocycles. The van der Waals surface area contributed by atoms with Crippen LogP contribution in [0.1, 0.15) is 19.3 Å². The summed E-state index contributed by atoms with van der Waals surface area (Å²) in [5.41, 5.74) is 0. The van der Waals surface area contributed by atoms with E-state index in [1.54, 1.807) is 16.7 Å². The number of aliphatic carboxylic acids is 1. The summed E-state index contributed by atoms with van der Waals surface area (Å²) in [5.74, 6) is -0.171. The van der Waals surface area contributed by atoms with Crippen LogP contribution in [-0.4, -0.2) is 62.8 Å². The van der Waals surface area contributed by atoms with Gasteiger partial charge in [0.1, 0.15) is 6.04 Å². The van der Waals surface area contributed by atoms with E-state index in [0.717, 1.165) is 12.8 Å². The molecule has 1 amide bonds. The lowest BCUT2D eigenvalue weighted by molar-refractivity contribution is -0.150. The molecule has 19 heavy (non-hydrogen) atoms. The Hall–Kier alpha value is -0.790. The van der Waals surface area contributed by atoms with E-state index in [2.05, 4.69) is 5.32 Å². The fourth-order valence-corrected chi connectivity index (χ4v) is 4.47. The summed E-state index contributed by atoms with van der Waals surface area (Å²) in [5, 5.41) is 21.8. The third kappa shape index (κ3) is 2.46. The Balaban J connectivity index is 1.77. The maximum absolute atomic E-state index is 12.5. The highest BCUT2D eigenvalue weighted by Gasteiger charge is 2.49. The highest BCUT2D eigenvalue weighted by molar-refractivity contribution is 8.00. The number of aliphatic hydroxyl groups is 1. The number of rotatable bonds is 3. The minimum absolute atomic E-state index is 0.00754. The number of carboxylic acids is 1.